The molecule has 7 aromatic rings. The third-order valence-electron chi connectivity index (χ3n) is 18.8. The number of ether oxygens (including phenoxy) is 1. The third-order valence-corrected chi connectivity index (χ3v) is 25.9. The summed E-state index contributed by atoms with van der Waals surface area (Å²) >= 11 is 0. The summed E-state index contributed by atoms with van der Waals surface area (Å²) < 4.78 is 65.8. The number of allylic oxidation sites excluding steroid dienone is 6. The minimum Gasteiger partial charge on any atom is -0.496 e. The lowest BCUT2D eigenvalue weighted by molar-refractivity contribution is -0.462. The van der Waals surface area contributed by atoms with E-state index in [1.54, 1.807) is 21.0 Å². The van der Waals surface area contributed by atoms with Crippen molar-refractivity contribution in [2.45, 2.75) is 88.6 Å². The van der Waals surface area contributed by atoms with Crippen molar-refractivity contribution in [1.82, 2.24) is 23.7 Å². The minimum atomic E-state index is -3.98. The van der Waals surface area contributed by atoms with E-state index in [-0.39, 0.29) is 71.6 Å². The zero-order chi connectivity index (χ0) is 71.5. The number of nitrogens with zero attached hydrogens (tertiary/aromatic N) is 6. The van der Waals surface area contributed by atoms with Crippen molar-refractivity contribution in [3.05, 3.63) is 202 Å². The number of Topliss-reactive ketones (excluding diaryl/α,β-unsaturated/α-hetero) is 1. The maximum atomic E-state index is 13.8. The number of ketones is 1. The quantitative estimate of drug-likeness (QED) is 0.0101. The molecule has 2 aliphatic rings. The Morgan fingerprint density at radius 1 is 0.612 bits per heavy atom. The lowest BCUT2D eigenvalue weighted by Gasteiger charge is -2.38. The molecule has 1 heterocycles. The molecule has 5 N–H and O–H groups in total. The Kier molecular flexibility index (Phi) is 23.3. The zero-order valence-corrected chi connectivity index (χ0v) is 61.3. The van der Waals surface area contributed by atoms with E-state index >= 15 is 0 Å². The van der Waals surface area contributed by atoms with Gasteiger partial charge >= 0.3 is 14.2 Å². The molecule has 0 saturated carbocycles. The molecular weight excluding hydrogens is 1290 g/mol. The summed E-state index contributed by atoms with van der Waals surface area (Å²) in [5, 5.41) is 52.7. The number of unbranched alkanes of at least 4 members (excludes halogenated alkanes) is 1. The van der Waals surface area contributed by atoms with Gasteiger partial charge in [-0.1, -0.05) is 86.9 Å². The Hall–Kier alpha value is -7.90. The second-order valence-corrected chi connectivity index (χ2v) is 35.6. The van der Waals surface area contributed by atoms with Crippen LogP contribution in [0.1, 0.15) is 72.9 Å². The van der Waals surface area contributed by atoms with Crippen LogP contribution < -0.4 is 31.1 Å². The number of carbonyl (C=O) groups is 2. The first-order chi connectivity index (χ1) is 46.3. The van der Waals surface area contributed by atoms with Gasteiger partial charge in [0.2, 0.25) is 26.0 Å². The summed E-state index contributed by atoms with van der Waals surface area (Å²) in [6.07, 6.45) is 8.55. The van der Waals surface area contributed by atoms with Crippen LogP contribution in [0.2, 0.25) is 13.1 Å². The van der Waals surface area contributed by atoms with E-state index in [4.69, 9.17) is 4.74 Å². The number of hydrogen-bond donors (Lipinski definition) is 5. The lowest BCUT2D eigenvalue weighted by atomic mass is 9.77. The normalized spacial score (nSPS) is 13.7. The van der Waals surface area contributed by atoms with Crippen LogP contribution in [0.5, 0.6) is 5.75 Å². The largest absolute Gasteiger partial charge is 0.496 e. The van der Waals surface area contributed by atoms with E-state index in [2.05, 4.69) is 158 Å². The lowest BCUT2D eigenvalue weighted by Crippen LogP contribution is -2.49. The van der Waals surface area contributed by atoms with Gasteiger partial charge in [0.05, 0.1) is 16.9 Å². The monoisotopic (exact) mass is 1380 g/mol. The fraction of sp³-hybridized carbons (Fsp3) is 0.320. The van der Waals surface area contributed by atoms with Crippen molar-refractivity contribution in [2.24, 2.45) is 0 Å². The van der Waals surface area contributed by atoms with Gasteiger partial charge in [-0.15, -0.1) is 0 Å². The van der Waals surface area contributed by atoms with Crippen LogP contribution in [-0.4, -0.2) is 183 Å². The smallest absolute Gasteiger partial charge is 0.488 e. The predicted octanol–water partition coefficient (Wildman–Crippen LogP) is 7.48. The predicted molar refractivity (Wildman–Crippen MR) is 400 cm³/mol. The van der Waals surface area contributed by atoms with E-state index in [1.165, 1.54) is 75.0 Å². The second-order valence-electron chi connectivity index (χ2n) is 26.9. The van der Waals surface area contributed by atoms with Gasteiger partial charge in [-0.2, -0.15) is 0 Å². The topological polar surface area (TPSA) is 224 Å². The van der Waals surface area contributed by atoms with E-state index in [0.29, 0.717) is 60.4 Å². The Labute approximate surface area is 580 Å². The van der Waals surface area contributed by atoms with Gasteiger partial charge in [-0.3, -0.25) is 19.4 Å². The molecule has 1 amide bonds. The Bertz CT molecular complexity index is 4670. The van der Waals surface area contributed by atoms with Crippen LogP contribution in [0.4, 0.5) is 5.69 Å². The van der Waals surface area contributed by atoms with Crippen molar-refractivity contribution in [1.29, 1.82) is 0 Å². The molecular formula is C75H92B2N7O11S2Si+. The third kappa shape index (κ3) is 15.9. The van der Waals surface area contributed by atoms with Crippen molar-refractivity contribution in [2.75, 3.05) is 88.0 Å². The van der Waals surface area contributed by atoms with Gasteiger partial charge in [0.15, 0.2) is 11.5 Å². The summed E-state index contributed by atoms with van der Waals surface area (Å²) in [7, 11) is 1.52. The van der Waals surface area contributed by atoms with Crippen LogP contribution in [-0.2, 0) is 55.8 Å². The maximum Gasteiger partial charge on any atom is 0.488 e. The van der Waals surface area contributed by atoms with Crippen molar-refractivity contribution in [3.8, 4) is 16.9 Å². The molecule has 23 heteroatoms. The Morgan fingerprint density at radius 2 is 1.15 bits per heavy atom. The van der Waals surface area contributed by atoms with Gasteiger partial charge in [-0.25, -0.2) is 30.0 Å². The molecule has 514 valence electrons. The highest BCUT2D eigenvalue weighted by atomic mass is 32.2. The number of methoxy groups -OCH3 is 1. The van der Waals surface area contributed by atoms with E-state index < -0.39 is 42.4 Å². The molecule has 7 aromatic carbocycles. The number of benzene rings is 7. The van der Waals surface area contributed by atoms with Crippen molar-refractivity contribution < 1.29 is 55.8 Å². The molecule has 0 unspecified atom stereocenters. The van der Waals surface area contributed by atoms with Crippen molar-refractivity contribution in [3.63, 3.8) is 0 Å². The summed E-state index contributed by atoms with van der Waals surface area (Å²) in [5.41, 5.74) is 11.9. The number of sulfonamides is 2. The first-order valence-electron chi connectivity index (χ1n) is 32.8. The van der Waals surface area contributed by atoms with Crippen LogP contribution in [0.3, 0.4) is 0 Å². The molecule has 0 bridgehead atoms. The Balaban J connectivity index is 1.30. The van der Waals surface area contributed by atoms with Crippen LogP contribution in [0, 0.1) is 0 Å². The fourth-order valence-electron chi connectivity index (χ4n) is 13.2. The van der Waals surface area contributed by atoms with Crippen LogP contribution >= 0.6 is 0 Å². The van der Waals surface area contributed by atoms with E-state index in [1.807, 2.05) is 18.2 Å². The maximum absolute atomic E-state index is 13.8. The zero-order valence-electron chi connectivity index (χ0n) is 58.7. The molecule has 0 radical (unpaired) electrons. The molecule has 1 aliphatic carbocycles. The highest BCUT2D eigenvalue weighted by molar-refractivity contribution is 7.89. The van der Waals surface area contributed by atoms with Gasteiger partial charge in [0.25, 0.3) is 0 Å². The summed E-state index contributed by atoms with van der Waals surface area (Å²) in [4.78, 5) is 32.2. The Morgan fingerprint density at radius 3 is 1.67 bits per heavy atom. The number of fused-ring (bicyclic) bond motifs is 4. The van der Waals surface area contributed by atoms with Crippen LogP contribution in [0.15, 0.2) is 178 Å². The summed E-state index contributed by atoms with van der Waals surface area (Å²) in [6.45, 7) is 17.5. The molecule has 0 spiro atoms. The van der Waals surface area contributed by atoms with E-state index in [0.717, 1.165) is 86.1 Å². The van der Waals surface area contributed by atoms with Gasteiger partial charge in [0.1, 0.15) is 27.9 Å². The first kappa shape index (κ1) is 74.3. The highest BCUT2D eigenvalue weighted by Gasteiger charge is 2.41. The first-order valence-corrected chi connectivity index (χ1v) is 38.7. The molecule has 0 fully saturated rings. The average molecular weight is 1380 g/mol. The summed E-state index contributed by atoms with van der Waals surface area (Å²) in [5.74, 6) is 0.348. The number of rotatable bonds is 29. The molecule has 0 saturated heterocycles. The molecule has 9 rings (SSSR count). The van der Waals surface area contributed by atoms with E-state index in [9.17, 15) is 46.5 Å². The molecule has 0 aromatic heterocycles. The van der Waals surface area contributed by atoms with Gasteiger partial charge in [-0.05, 0) is 199 Å². The number of carbonyl (C=O) groups excluding carboxylic acids is 2. The summed E-state index contributed by atoms with van der Waals surface area (Å²) in [6, 6.07) is 36.2. The van der Waals surface area contributed by atoms with Crippen LogP contribution in [0.25, 0.3) is 38.2 Å². The molecule has 1 aliphatic heterocycles. The SMILES string of the molecule is C=C(C)C(=O)CCCCN(Cc1cc(S(=O)(=O)N(C)C)ccc1B(O)O)Cc1c2ccccc2c(CN(CCCNC(=O)C(=C)C)Cc2cc(S(=O)(=O)N(C)C)ccc2B(O)O)c2ccc(-c3ccc(OC)c(C4=C5C=CC(=[N+](C)C)C=C5[Si](C)(C)c5cc(N(C)C)ccc54)c3)cc12. The molecule has 0 atom stereocenters. The average Bonchev–Trinajstić information content (AvgIpc) is 0.720. The molecule has 98 heavy (non-hydrogen) atoms. The standard InChI is InChI=1S/C75H91B2N7O11S2Si/c1-49(2)70(85)23-18-19-37-83(45-53-39-57(96(91,92)81(9)10)28-33-68(53)76(87)88)48-67-60-22-17-16-21-59(60)66(47-84(38-20-36-78-75(86)50(3)4)46-54-40-58(97(93,94)82(11)12)29-34-69(54)77(89)90)61-30-24-51(41-64(61)67)52-25-35-71(95-13)65(42-52)74-62-31-26-55(79(5)6)43-72(62)98(14,15)73-44-56(80(7)8)27-32-63(73)74/h16-17,21-22,24-35,39-44,87-90H,1,3,18-20,23,36-38,45-48H2,2,4-15H3/p+1. The number of anilines is 1. The van der Waals surface area contributed by atoms with Gasteiger partial charge < -0.3 is 35.0 Å². The highest BCUT2D eigenvalue weighted by Crippen LogP contribution is 2.46. The molecule has 18 nitrogen and oxygen atoms in total. The minimum absolute atomic E-state index is 0.0205. The van der Waals surface area contributed by atoms with Gasteiger partial charge in [0, 0.05) is 117 Å². The van der Waals surface area contributed by atoms with Crippen molar-refractivity contribution >= 4 is 109 Å². The number of amides is 1. The fourth-order valence-corrected chi connectivity index (χ4v) is 18.1. The number of hydrogen-bond acceptors (Lipinski definition) is 14. The second kappa shape index (κ2) is 30.7. The number of nitrogens with one attached hydrogen (secondary N) is 1.